The molecule has 6 nitrogen and oxygen atoms in total. The first-order valence-corrected chi connectivity index (χ1v) is 13.6. The third-order valence-electron chi connectivity index (χ3n) is 5.28. The van der Waals surface area contributed by atoms with Crippen LogP contribution in [-0.2, 0) is 16.2 Å². The zero-order valence-corrected chi connectivity index (χ0v) is 23.9. The van der Waals surface area contributed by atoms with Crippen LogP contribution in [0.2, 0.25) is 5.02 Å². The van der Waals surface area contributed by atoms with Gasteiger partial charge in [0.1, 0.15) is 24.7 Å². The number of thioether (sulfide) groups is 1. The molecule has 37 heavy (non-hydrogen) atoms. The molecule has 0 unspecified atom stereocenters. The zero-order chi connectivity index (χ0) is 26.7. The van der Waals surface area contributed by atoms with Gasteiger partial charge in [-0.1, -0.05) is 35.9 Å². The molecule has 3 aromatic rings. The summed E-state index contributed by atoms with van der Waals surface area (Å²) in [7, 11) is 0. The average molecular weight is 669 g/mol. The summed E-state index contributed by atoms with van der Waals surface area (Å²) >= 11 is 13.7. The van der Waals surface area contributed by atoms with E-state index >= 15 is 0 Å². The van der Waals surface area contributed by atoms with Gasteiger partial charge in [-0.2, -0.15) is 0 Å². The second kappa shape index (κ2) is 11.8. The maximum Gasteiger partial charge on any atom is 0.294 e. The van der Waals surface area contributed by atoms with Crippen molar-refractivity contribution in [1.29, 1.82) is 0 Å². The fraction of sp³-hybridized carbons (Fsp3) is 0.115. The van der Waals surface area contributed by atoms with Gasteiger partial charge in [0.2, 0.25) is 5.91 Å². The van der Waals surface area contributed by atoms with Crippen LogP contribution in [-0.4, -0.2) is 28.5 Å². The highest BCUT2D eigenvalue weighted by molar-refractivity contribution is 9.11. The van der Waals surface area contributed by atoms with E-state index in [0.717, 1.165) is 22.2 Å². The van der Waals surface area contributed by atoms with Gasteiger partial charge in [-0.25, -0.2) is 4.39 Å². The number of amides is 3. The molecule has 0 spiro atoms. The Hall–Kier alpha value is -2.66. The molecule has 0 saturated carbocycles. The second-order valence-electron chi connectivity index (χ2n) is 7.97. The highest BCUT2D eigenvalue weighted by Gasteiger charge is 2.36. The molecule has 1 heterocycles. The number of imide groups is 1. The van der Waals surface area contributed by atoms with E-state index in [0.29, 0.717) is 36.5 Å². The summed E-state index contributed by atoms with van der Waals surface area (Å²) in [6.07, 6.45) is 1.55. The van der Waals surface area contributed by atoms with Crippen LogP contribution in [0.15, 0.2) is 68.4 Å². The van der Waals surface area contributed by atoms with Crippen molar-refractivity contribution in [3.05, 3.63) is 96.0 Å². The number of nitrogens with one attached hydrogen (secondary N) is 1. The maximum absolute atomic E-state index is 13.9. The van der Waals surface area contributed by atoms with Crippen LogP contribution in [0.3, 0.4) is 0 Å². The zero-order valence-electron chi connectivity index (χ0n) is 19.2. The van der Waals surface area contributed by atoms with Gasteiger partial charge in [0, 0.05) is 16.3 Å². The number of nitrogens with zero attached hydrogens (tertiary/aromatic N) is 1. The van der Waals surface area contributed by atoms with E-state index in [1.54, 1.807) is 54.6 Å². The number of aryl methyl sites for hydroxylation is 1. The van der Waals surface area contributed by atoms with Gasteiger partial charge in [0.15, 0.2) is 0 Å². The number of halogens is 4. The molecular weight excluding hydrogens is 651 g/mol. The number of hydrogen-bond acceptors (Lipinski definition) is 5. The highest BCUT2D eigenvalue weighted by atomic mass is 79.9. The predicted molar refractivity (Wildman–Crippen MR) is 150 cm³/mol. The summed E-state index contributed by atoms with van der Waals surface area (Å²) in [5.74, 6) is -0.996. The maximum atomic E-state index is 13.9. The number of ether oxygens (including phenoxy) is 1. The first-order valence-electron chi connectivity index (χ1n) is 10.8. The summed E-state index contributed by atoms with van der Waals surface area (Å²) in [5, 5.41) is 2.59. The lowest BCUT2D eigenvalue weighted by Gasteiger charge is -2.13. The monoisotopic (exact) mass is 666 g/mol. The van der Waals surface area contributed by atoms with Gasteiger partial charge in [-0.3, -0.25) is 19.3 Å². The molecule has 1 aliphatic heterocycles. The molecule has 1 saturated heterocycles. The van der Waals surface area contributed by atoms with Gasteiger partial charge < -0.3 is 10.1 Å². The lowest BCUT2D eigenvalue weighted by molar-refractivity contribution is -0.127. The standard InChI is InChI=1S/C26H18Br2ClFN2O4S/c1-14-6-7-17(11-20(14)29)31-23(33)12-32-25(34)22(37-26(32)35)10-15-8-18(27)24(19(28)9-15)36-13-16-4-2-3-5-21(16)30/h2-11H,12-13H2,1H3,(H,31,33)/b22-10+. The van der Waals surface area contributed by atoms with Crippen LogP contribution in [0.1, 0.15) is 16.7 Å². The van der Waals surface area contributed by atoms with Crippen LogP contribution in [0.5, 0.6) is 5.75 Å². The van der Waals surface area contributed by atoms with Crippen molar-refractivity contribution in [3.63, 3.8) is 0 Å². The number of hydrogen-bond donors (Lipinski definition) is 1. The normalized spacial score (nSPS) is 14.4. The number of anilines is 1. The van der Waals surface area contributed by atoms with E-state index in [1.807, 2.05) is 6.92 Å². The second-order valence-corrected chi connectivity index (χ2v) is 11.1. The largest absolute Gasteiger partial charge is 0.486 e. The lowest BCUT2D eigenvalue weighted by Crippen LogP contribution is -2.36. The average Bonchev–Trinajstić information content (AvgIpc) is 3.09. The smallest absolute Gasteiger partial charge is 0.294 e. The molecule has 0 radical (unpaired) electrons. The summed E-state index contributed by atoms with van der Waals surface area (Å²) in [5.41, 5.74) is 2.35. The van der Waals surface area contributed by atoms with E-state index in [2.05, 4.69) is 37.2 Å². The molecule has 190 valence electrons. The van der Waals surface area contributed by atoms with Crippen molar-refractivity contribution >= 4 is 84.0 Å². The van der Waals surface area contributed by atoms with Crippen molar-refractivity contribution in [2.24, 2.45) is 0 Å². The highest BCUT2D eigenvalue weighted by Crippen LogP contribution is 2.38. The predicted octanol–water partition coefficient (Wildman–Crippen LogP) is 7.57. The first kappa shape index (κ1) is 27.4. The van der Waals surface area contributed by atoms with Gasteiger partial charge in [-0.15, -0.1) is 0 Å². The molecule has 3 amide bonds. The fourth-order valence-corrected chi connectivity index (χ4v) is 5.84. The SMILES string of the molecule is Cc1ccc(NC(=O)CN2C(=O)S/C(=C/c3cc(Br)c(OCc4ccccc4F)c(Br)c3)C2=O)cc1Cl. The van der Waals surface area contributed by atoms with Crippen LogP contribution in [0.25, 0.3) is 6.08 Å². The fourth-order valence-electron chi connectivity index (χ4n) is 3.37. The minimum Gasteiger partial charge on any atom is -0.486 e. The lowest BCUT2D eigenvalue weighted by atomic mass is 10.2. The van der Waals surface area contributed by atoms with E-state index in [-0.39, 0.29) is 17.3 Å². The third-order valence-corrected chi connectivity index (χ3v) is 7.77. The van der Waals surface area contributed by atoms with Gasteiger partial charge in [0.25, 0.3) is 11.1 Å². The Morgan fingerprint density at radius 3 is 2.51 bits per heavy atom. The Balaban J connectivity index is 1.44. The van der Waals surface area contributed by atoms with Crippen LogP contribution in [0.4, 0.5) is 14.9 Å². The third kappa shape index (κ3) is 6.62. The Morgan fingerprint density at radius 2 is 1.84 bits per heavy atom. The van der Waals surface area contributed by atoms with Gasteiger partial charge >= 0.3 is 0 Å². The molecule has 0 aliphatic carbocycles. The number of carbonyl (C=O) groups excluding carboxylic acids is 3. The Kier molecular flexibility index (Phi) is 8.74. The summed E-state index contributed by atoms with van der Waals surface area (Å²) in [4.78, 5) is 38.8. The quantitative estimate of drug-likeness (QED) is 0.263. The summed E-state index contributed by atoms with van der Waals surface area (Å²) < 4.78 is 20.8. The molecule has 4 rings (SSSR count). The number of rotatable bonds is 7. The summed E-state index contributed by atoms with van der Waals surface area (Å²) in [6.45, 7) is 1.44. The van der Waals surface area contributed by atoms with Crippen molar-refractivity contribution < 1.29 is 23.5 Å². The molecule has 0 atom stereocenters. The van der Waals surface area contributed by atoms with Crippen molar-refractivity contribution in [2.75, 3.05) is 11.9 Å². The van der Waals surface area contributed by atoms with E-state index < -0.39 is 23.6 Å². The van der Waals surface area contributed by atoms with Crippen LogP contribution >= 0.6 is 55.2 Å². The van der Waals surface area contributed by atoms with Gasteiger partial charge in [0.05, 0.1) is 13.9 Å². The first-order chi connectivity index (χ1) is 17.6. The molecule has 0 bridgehead atoms. The van der Waals surface area contributed by atoms with E-state index in [1.165, 1.54) is 6.07 Å². The van der Waals surface area contributed by atoms with Crippen molar-refractivity contribution in [2.45, 2.75) is 13.5 Å². The van der Waals surface area contributed by atoms with Crippen molar-refractivity contribution in [1.82, 2.24) is 4.90 Å². The number of carbonyl (C=O) groups is 3. The Bertz CT molecular complexity index is 1430. The molecule has 0 aromatic heterocycles. The topological polar surface area (TPSA) is 75.7 Å². The molecular formula is C26H18Br2ClFN2O4S. The van der Waals surface area contributed by atoms with Crippen molar-refractivity contribution in [3.8, 4) is 5.75 Å². The van der Waals surface area contributed by atoms with Gasteiger partial charge in [-0.05, 0) is 98.1 Å². The minimum absolute atomic E-state index is 0.0268. The molecule has 3 aromatic carbocycles. The Labute approximate surface area is 238 Å². The summed E-state index contributed by atoms with van der Waals surface area (Å²) in [6, 6.07) is 14.8. The minimum atomic E-state index is -0.570. The van der Waals surface area contributed by atoms with Crippen LogP contribution < -0.4 is 10.1 Å². The van der Waals surface area contributed by atoms with Crippen LogP contribution in [0, 0.1) is 12.7 Å². The number of benzene rings is 3. The molecule has 11 heteroatoms. The molecule has 1 aliphatic rings. The Morgan fingerprint density at radius 1 is 1.14 bits per heavy atom. The molecule has 1 N–H and O–H groups in total. The molecule has 1 fully saturated rings. The van der Waals surface area contributed by atoms with E-state index in [9.17, 15) is 18.8 Å². The van der Waals surface area contributed by atoms with E-state index in [4.69, 9.17) is 16.3 Å².